The number of carbonyl (C=O) groups is 2. The molecule has 0 radical (unpaired) electrons. The number of aliphatic carboxylic acids is 1. The van der Waals surface area contributed by atoms with Crippen LogP contribution in [0.15, 0.2) is 18.2 Å². The third-order valence-electron chi connectivity index (χ3n) is 2.95. The van der Waals surface area contributed by atoms with Gasteiger partial charge in [0.2, 0.25) is 5.91 Å². The van der Waals surface area contributed by atoms with Crippen molar-refractivity contribution in [1.29, 1.82) is 0 Å². The van der Waals surface area contributed by atoms with Gasteiger partial charge in [0.25, 0.3) is 0 Å². The van der Waals surface area contributed by atoms with Gasteiger partial charge in [-0.3, -0.25) is 4.79 Å². The normalized spacial score (nSPS) is 10.3. The molecule has 0 bridgehead atoms. The van der Waals surface area contributed by atoms with Crippen molar-refractivity contribution >= 4 is 29.3 Å². The Labute approximate surface area is 135 Å². The summed E-state index contributed by atoms with van der Waals surface area (Å²) in [5, 5.41) is 11.4. The van der Waals surface area contributed by atoms with E-state index >= 15 is 0 Å². The molecule has 6 heteroatoms. The standard InChI is InChI=1S/C16H23NO4S/c1-3-4-8-22-9-7-15(18)17-14-6-5-13(10-12(14)2)21-11-16(19)20/h5-6,10H,3-4,7-9,11H2,1-2H3,(H,17,18)(H,19,20). The van der Waals surface area contributed by atoms with Gasteiger partial charge in [-0.05, 0) is 42.9 Å². The number of ether oxygens (including phenoxy) is 1. The average Bonchev–Trinajstić information content (AvgIpc) is 2.47. The first kappa shape index (κ1) is 18.4. The van der Waals surface area contributed by atoms with E-state index in [0.29, 0.717) is 12.2 Å². The molecule has 0 atom stereocenters. The van der Waals surface area contributed by atoms with E-state index in [4.69, 9.17) is 9.84 Å². The number of rotatable bonds is 10. The Bertz CT molecular complexity index is 505. The lowest BCUT2D eigenvalue weighted by Gasteiger charge is -2.10. The number of benzene rings is 1. The number of nitrogens with one attached hydrogen (secondary N) is 1. The lowest BCUT2D eigenvalue weighted by Crippen LogP contribution is -2.13. The van der Waals surface area contributed by atoms with Gasteiger partial charge in [0, 0.05) is 17.9 Å². The summed E-state index contributed by atoms with van der Waals surface area (Å²) in [6, 6.07) is 5.10. The summed E-state index contributed by atoms with van der Waals surface area (Å²) in [6.45, 7) is 3.62. The molecule has 0 saturated heterocycles. The minimum absolute atomic E-state index is 0.00805. The van der Waals surface area contributed by atoms with Crippen LogP contribution in [0.2, 0.25) is 0 Å². The van der Waals surface area contributed by atoms with E-state index in [9.17, 15) is 9.59 Å². The fourth-order valence-electron chi connectivity index (χ4n) is 1.74. The van der Waals surface area contributed by atoms with Gasteiger partial charge in [0.05, 0.1) is 0 Å². The molecule has 0 saturated carbocycles. The Morgan fingerprint density at radius 1 is 1.32 bits per heavy atom. The SMILES string of the molecule is CCCCSCCC(=O)Nc1ccc(OCC(=O)O)cc1C. The van der Waals surface area contributed by atoms with E-state index in [1.54, 1.807) is 30.0 Å². The molecule has 0 unspecified atom stereocenters. The van der Waals surface area contributed by atoms with Gasteiger partial charge in [0.1, 0.15) is 5.75 Å². The number of hydrogen-bond donors (Lipinski definition) is 2. The summed E-state index contributed by atoms with van der Waals surface area (Å²) in [5.41, 5.74) is 1.57. The van der Waals surface area contributed by atoms with Gasteiger partial charge in [0.15, 0.2) is 6.61 Å². The summed E-state index contributed by atoms with van der Waals surface area (Å²) in [6.07, 6.45) is 2.85. The molecule has 22 heavy (non-hydrogen) atoms. The molecule has 0 heterocycles. The molecule has 5 nitrogen and oxygen atoms in total. The highest BCUT2D eigenvalue weighted by Gasteiger charge is 2.07. The quantitative estimate of drug-likeness (QED) is 0.645. The molecule has 0 aliphatic carbocycles. The smallest absolute Gasteiger partial charge is 0.341 e. The second kappa shape index (κ2) is 10.1. The molecule has 0 aromatic heterocycles. The van der Waals surface area contributed by atoms with Crippen molar-refractivity contribution in [3.8, 4) is 5.75 Å². The molecule has 0 aliphatic rings. The van der Waals surface area contributed by atoms with E-state index in [1.165, 1.54) is 12.8 Å². The van der Waals surface area contributed by atoms with E-state index in [0.717, 1.165) is 22.8 Å². The monoisotopic (exact) mass is 325 g/mol. The van der Waals surface area contributed by atoms with Crippen LogP contribution >= 0.6 is 11.8 Å². The number of anilines is 1. The first-order valence-electron chi connectivity index (χ1n) is 7.35. The Kier molecular flexibility index (Phi) is 8.43. The van der Waals surface area contributed by atoms with Gasteiger partial charge in [-0.1, -0.05) is 13.3 Å². The van der Waals surface area contributed by atoms with Crippen molar-refractivity contribution in [2.24, 2.45) is 0 Å². The minimum Gasteiger partial charge on any atom is -0.482 e. The molecule has 0 aliphatic heterocycles. The Balaban J connectivity index is 2.41. The predicted octanol–water partition coefficient (Wildman–Crippen LogP) is 3.32. The number of carboxylic acids is 1. The molecule has 122 valence electrons. The van der Waals surface area contributed by atoms with E-state index in [1.807, 2.05) is 6.92 Å². The van der Waals surface area contributed by atoms with Gasteiger partial charge < -0.3 is 15.2 Å². The molecule has 1 amide bonds. The number of carboxylic acid groups (broad SMARTS) is 1. The van der Waals surface area contributed by atoms with Crippen LogP contribution in [-0.2, 0) is 9.59 Å². The number of amides is 1. The zero-order valence-electron chi connectivity index (χ0n) is 13.1. The van der Waals surface area contributed by atoms with E-state index in [2.05, 4.69) is 12.2 Å². The Morgan fingerprint density at radius 2 is 2.09 bits per heavy atom. The first-order chi connectivity index (χ1) is 10.5. The van der Waals surface area contributed by atoms with Crippen molar-refractivity contribution in [3.63, 3.8) is 0 Å². The van der Waals surface area contributed by atoms with Crippen molar-refractivity contribution in [2.45, 2.75) is 33.1 Å². The van der Waals surface area contributed by atoms with Crippen LogP contribution in [0.4, 0.5) is 5.69 Å². The maximum Gasteiger partial charge on any atom is 0.341 e. The minimum atomic E-state index is -1.02. The highest BCUT2D eigenvalue weighted by molar-refractivity contribution is 7.99. The van der Waals surface area contributed by atoms with Crippen molar-refractivity contribution in [3.05, 3.63) is 23.8 Å². The van der Waals surface area contributed by atoms with E-state index < -0.39 is 5.97 Å². The molecule has 1 aromatic carbocycles. The van der Waals surface area contributed by atoms with Gasteiger partial charge in [-0.15, -0.1) is 0 Å². The maximum absolute atomic E-state index is 11.9. The highest BCUT2D eigenvalue weighted by Crippen LogP contribution is 2.21. The van der Waals surface area contributed by atoms with Crippen molar-refractivity contribution < 1.29 is 19.4 Å². The predicted molar refractivity (Wildman–Crippen MR) is 89.8 cm³/mol. The van der Waals surface area contributed by atoms with Crippen LogP contribution in [0.3, 0.4) is 0 Å². The van der Waals surface area contributed by atoms with Crippen LogP contribution in [0, 0.1) is 6.92 Å². The number of carbonyl (C=O) groups excluding carboxylic acids is 1. The zero-order valence-corrected chi connectivity index (χ0v) is 13.9. The third kappa shape index (κ3) is 7.36. The molecule has 1 aromatic rings. The summed E-state index contributed by atoms with van der Waals surface area (Å²) < 4.78 is 5.10. The molecular formula is C16H23NO4S. The topological polar surface area (TPSA) is 75.6 Å². The Morgan fingerprint density at radius 3 is 2.73 bits per heavy atom. The number of unbranched alkanes of at least 4 members (excludes halogenated alkanes) is 1. The summed E-state index contributed by atoms with van der Waals surface area (Å²) in [4.78, 5) is 22.3. The van der Waals surface area contributed by atoms with Crippen LogP contribution in [0.5, 0.6) is 5.75 Å². The molecule has 0 fully saturated rings. The van der Waals surface area contributed by atoms with Crippen LogP contribution in [0.25, 0.3) is 0 Å². The van der Waals surface area contributed by atoms with Crippen molar-refractivity contribution in [1.82, 2.24) is 0 Å². The second-order valence-corrected chi connectivity index (χ2v) is 6.15. The fourth-order valence-corrected chi connectivity index (χ4v) is 2.76. The highest BCUT2D eigenvalue weighted by atomic mass is 32.2. The Hall–Kier alpha value is -1.69. The maximum atomic E-state index is 11.9. The lowest BCUT2D eigenvalue weighted by atomic mass is 10.2. The summed E-state index contributed by atoms with van der Waals surface area (Å²) in [7, 11) is 0. The molecule has 1 rings (SSSR count). The summed E-state index contributed by atoms with van der Waals surface area (Å²) in [5.74, 6) is 1.37. The average molecular weight is 325 g/mol. The van der Waals surface area contributed by atoms with Gasteiger partial charge >= 0.3 is 5.97 Å². The largest absolute Gasteiger partial charge is 0.482 e. The van der Waals surface area contributed by atoms with Gasteiger partial charge in [-0.25, -0.2) is 4.79 Å². The number of hydrogen-bond acceptors (Lipinski definition) is 4. The van der Waals surface area contributed by atoms with Crippen LogP contribution in [0.1, 0.15) is 31.7 Å². The fraction of sp³-hybridized carbons (Fsp3) is 0.500. The molecular weight excluding hydrogens is 302 g/mol. The molecule has 0 spiro atoms. The lowest BCUT2D eigenvalue weighted by molar-refractivity contribution is -0.139. The zero-order chi connectivity index (χ0) is 16.4. The number of aryl methyl sites for hydroxylation is 1. The van der Waals surface area contributed by atoms with Crippen LogP contribution < -0.4 is 10.1 Å². The second-order valence-electron chi connectivity index (χ2n) is 4.92. The van der Waals surface area contributed by atoms with Crippen molar-refractivity contribution in [2.75, 3.05) is 23.4 Å². The van der Waals surface area contributed by atoms with E-state index in [-0.39, 0.29) is 12.5 Å². The van der Waals surface area contributed by atoms with Crippen LogP contribution in [-0.4, -0.2) is 35.1 Å². The first-order valence-corrected chi connectivity index (χ1v) is 8.51. The number of thioether (sulfide) groups is 1. The summed E-state index contributed by atoms with van der Waals surface area (Å²) >= 11 is 1.80. The third-order valence-corrected chi connectivity index (χ3v) is 4.02. The molecule has 2 N–H and O–H groups in total. The van der Waals surface area contributed by atoms with Gasteiger partial charge in [-0.2, -0.15) is 11.8 Å².